The summed E-state index contributed by atoms with van der Waals surface area (Å²) in [5, 5.41) is 0. The molecule has 0 rings (SSSR count). The minimum Gasteiger partial charge on any atom is -0.462 e. The molecule has 0 aromatic rings. The summed E-state index contributed by atoms with van der Waals surface area (Å²) in [5.74, 6) is -0.945. The molecule has 1 atom stereocenters. The van der Waals surface area contributed by atoms with Gasteiger partial charge in [-0.05, 0) is 109 Å². The van der Waals surface area contributed by atoms with E-state index in [1.54, 1.807) is 0 Å². The number of allylic oxidation sites excluding steroid dienone is 14. The number of carbonyl (C=O) groups excluding carboxylic acids is 3. The molecule has 0 aromatic carbocycles. The molecule has 0 saturated heterocycles. The zero-order valence-corrected chi connectivity index (χ0v) is 43.9. The second kappa shape index (κ2) is 55.2. The van der Waals surface area contributed by atoms with E-state index in [2.05, 4.69) is 106 Å². The Bertz CT molecular complexity index is 1300. The average Bonchev–Trinajstić information content (AvgIpc) is 3.33. The molecular formula is C61H104O6. The summed E-state index contributed by atoms with van der Waals surface area (Å²) in [6.07, 6.45) is 71.4. The molecule has 6 heteroatoms. The molecule has 0 aliphatic carbocycles. The van der Waals surface area contributed by atoms with E-state index in [9.17, 15) is 14.4 Å². The van der Waals surface area contributed by atoms with Crippen LogP contribution in [0.25, 0.3) is 0 Å². The molecule has 0 aliphatic rings. The van der Waals surface area contributed by atoms with Crippen LogP contribution >= 0.6 is 0 Å². The predicted molar refractivity (Wildman–Crippen MR) is 288 cm³/mol. The van der Waals surface area contributed by atoms with Crippen molar-refractivity contribution >= 4 is 17.9 Å². The van der Waals surface area contributed by atoms with Gasteiger partial charge in [-0.15, -0.1) is 0 Å². The normalized spacial score (nSPS) is 12.7. The van der Waals surface area contributed by atoms with Gasteiger partial charge in [0.25, 0.3) is 0 Å². The Kier molecular flexibility index (Phi) is 52.4. The molecule has 6 nitrogen and oxygen atoms in total. The second-order valence-electron chi connectivity index (χ2n) is 18.5. The summed E-state index contributed by atoms with van der Waals surface area (Å²) in [7, 11) is 0. The van der Waals surface area contributed by atoms with Crippen LogP contribution in [0, 0.1) is 0 Å². The number of hydrogen-bond donors (Lipinski definition) is 0. The highest BCUT2D eigenvalue weighted by Crippen LogP contribution is 2.14. The van der Waals surface area contributed by atoms with Gasteiger partial charge in [-0.1, -0.05) is 221 Å². The molecule has 0 N–H and O–H groups in total. The third kappa shape index (κ3) is 53.4. The summed E-state index contributed by atoms with van der Waals surface area (Å²) in [6, 6.07) is 0. The standard InChI is InChI=1S/C61H104O6/c1-4-7-10-13-16-19-22-25-28-30-31-34-36-39-42-45-48-51-54-60(63)66-57-58(56-65-59(62)53-50-47-44-41-38-35-32-27-24-21-18-15-12-9-6-3)67-61(64)55-52-49-46-43-40-37-33-29-26-23-20-17-14-11-8-5-2/h8,11,17-18,20-21,24,26-27,29,31,34,37,40,58H,4-7,9-10,12-16,19,22-23,25,28,30,32-33,35-36,38-39,41-57H2,1-3H3/b11-8-,20-17-,21-18-,27-24-,29-26-,34-31-,40-37-. The number of unbranched alkanes of at least 4 members (excludes halogenated alkanes) is 26. The highest BCUT2D eigenvalue weighted by Gasteiger charge is 2.19. The summed E-state index contributed by atoms with van der Waals surface area (Å²) >= 11 is 0. The Hall–Kier alpha value is -3.41. The fourth-order valence-electron chi connectivity index (χ4n) is 7.65. The van der Waals surface area contributed by atoms with Crippen LogP contribution in [0.2, 0.25) is 0 Å². The van der Waals surface area contributed by atoms with Crippen molar-refractivity contribution < 1.29 is 28.6 Å². The van der Waals surface area contributed by atoms with E-state index in [1.165, 1.54) is 122 Å². The molecular weight excluding hydrogens is 829 g/mol. The first-order valence-electron chi connectivity index (χ1n) is 28.1. The molecule has 0 spiro atoms. The maximum atomic E-state index is 12.8. The molecule has 0 amide bonds. The van der Waals surface area contributed by atoms with Crippen LogP contribution in [0.4, 0.5) is 0 Å². The van der Waals surface area contributed by atoms with Gasteiger partial charge < -0.3 is 14.2 Å². The number of esters is 3. The van der Waals surface area contributed by atoms with E-state index in [4.69, 9.17) is 14.2 Å². The molecule has 0 aliphatic heterocycles. The summed E-state index contributed by atoms with van der Waals surface area (Å²) < 4.78 is 16.8. The largest absolute Gasteiger partial charge is 0.462 e. The maximum Gasteiger partial charge on any atom is 0.306 e. The highest BCUT2D eigenvalue weighted by molar-refractivity contribution is 5.71. The first-order chi connectivity index (χ1) is 33.0. The molecule has 67 heavy (non-hydrogen) atoms. The predicted octanol–water partition coefficient (Wildman–Crippen LogP) is 18.8. The zero-order valence-electron chi connectivity index (χ0n) is 43.9. The van der Waals surface area contributed by atoms with Gasteiger partial charge in [0.2, 0.25) is 0 Å². The zero-order chi connectivity index (χ0) is 48.6. The molecule has 1 unspecified atom stereocenters. The van der Waals surface area contributed by atoms with Crippen molar-refractivity contribution in [1.29, 1.82) is 0 Å². The van der Waals surface area contributed by atoms with Crippen LogP contribution in [0.1, 0.15) is 265 Å². The van der Waals surface area contributed by atoms with Gasteiger partial charge in [-0.2, -0.15) is 0 Å². The lowest BCUT2D eigenvalue weighted by Gasteiger charge is -2.18. The first-order valence-corrected chi connectivity index (χ1v) is 28.1. The van der Waals surface area contributed by atoms with E-state index < -0.39 is 6.10 Å². The first kappa shape index (κ1) is 63.6. The van der Waals surface area contributed by atoms with Gasteiger partial charge in [-0.3, -0.25) is 14.4 Å². The molecule has 384 valence electrons. The minimum absolute atomic E-state index is 0.0977. The smallest absolute Gasteiger partial charge is 0.306 e. The second-order valence-corrected chi connectivity index (χ2v) is 18.5. The SMILES string of the molecule is CC/C=C\C/C=C\C/C=C\C/C=C\CCCCCC(=O)OC(COC(=O)CCCCCCC/C=C\CCCCCCCCCCC)COC(=O)CCCCCCCC/C=C\C=C/CCCCC. The van der Waals surface area contributed by atoms with E-state index in [0.717, 1.165) is 103 Å². The number of carbonyl (C=O) groups is 3. The monoisotopic (exact) mass is 933 g/mol. The fourth-order valence-corrected chi connectivity index (χ4v) is 7.65. The number of rotatable bonds is 50. The van der Waals surface area contributed by atoms with Crippen LogP contribution in [0.15, 0.2) is 85.1 Å². The van der Waals surface area contributed by atoms with E-state index in [-0.39, 0.29) is 37.5 Å². The van der Waals surface area contributed by atoms with E-state index in [1.807, 2.05) is 0 Å². The van der Waals surface area contributed by atoms with Gasteiger partial charge in [0.05, 0.1) is 0 Å². The molecule has 0 aromatic heterocycles. The Balaban J connectivity index is 4.46. The average molecular weight is 933 g/mol. The third-order valence-electron chi connectivity index (χ3n) is 11.9. The highest BCUT2D eigenvalue weighted by atomic mass is 16.6. The third-order valence-corrected chi connectivity index (χ3v) is 11.9. The molecule has 0 radical (unpaired) electrons. The molecule has 0 fully saturated rings. The van der Waals surface area contributed by atoms with Gasteiger partial charge in [0.15, 0.2) is 6.10 Å². The minimum atomic E-state index is -0.802. The summed E-state index contributed by atoms with van der Waals surface area (Å²) in [4.78, 5) is 38.1. The van der Waals surface area contributed by atoms with Crippen molar-refractivity contribution in [2.75, 3.05) is 13.2 Å². The fraction of sp³-hybridized carbons (Fsp3) is 0.721. The van der Waals surface area contributed by atoms with Gasteiger partial charge in [-0.25, -0.2) is 0 Å². The van der Waals surface area contributed by atoms with Crippen LogP contribution in [-0.2, 0) is 28.6 Å². The quantitative estimate of drug-likeness (QED) is 0.0199. The maximum absolute atomic E-state index is 12.8. The van der Waals surface area contributed by atoms with Crippen molar-refractivity contribution in [3.05, 3.63) is 85.1 Å². The molecule has 0 bridgehead atoms. The Morgan fingerprint density at radius 3 is 1.06 bits per heavy atom. The summed E-state index contributed by atoms with van der Waals surface area (Å²) in [5.41, 5.74) is 0. The van der Waals surface area contributed by atoms with Crippen LogP contribution in [-0.4, -0.2) is 37.2 Å². The lowest BCUT2D eigenvalue weighted by molar-refractivity contribution is -0.167. The van der Waals surface area contributed by atoms with Gasteiger partial charge in [0, 0.05) is 19.3 Å². The van der Waals surface area contributed by atoms with E-state index in [0.29, 0.717) is 12.8 Å². The van der Waals surface area contributed by atoms with E-state index >= 15 is 0 Å². The van der Waals surface area contributed by atoms with Crippen LogP contribution in [0.3, 0.4) is 0 Å². The van der Waals surface area contributed by atoms with Crippen molar-refractivity contribution in [1.82, 2.24) is 0 Å². The molecule has 0 heterocycles. The van der Waals surface area contributed by atoms with Crippen molar-refractivity contribution in [2.45, 2.75) is 271 Å². The Morgan fingerprint density at radius 2 is 0.627 bits per heavy atom. The van der Waals surface area contributed by atoms with Crippen molar-refractivity contribution in [3.63, 3.8) is 0 Å². The van der Waals surface area contributed by atoms with Crippen LogP contribution < -0.4 is 0 Å². The number of hydrogen-bond acceptors (Lipinski definition) is 6. The number of ether oxygens (including phenoxy) is 3. The Morgan fingerprint density at radius 1 is 0.328 bits per heavy atom. The summed E-state index contributed by atoms with van der Waals surface area (Å²) in [6.45, 7) is 6.46. The lowest BCUT2D eigenvalue weighted by atomic mass is 10.1. The van der Waals surface area contributed by atoms with Crippen molar-refractivity contribution in [3.8, 4) is 0 Å². The topological polar surface area (TPSA) is 78.9 Å². The lowest BCUT2D eigenvalue weighted by Crippen LogP contribution is -2.30. The van der Waals surface area contributed by atoms with Gasteiger partial charge in [0.1, 0.15) is 13.2 Å². The van der Waals surface area contributed by atoms with Gasteiger partial charge >= 0.3 is 17.9 Å². The van der Waals surface area contributed by atoms with Crippen molar-refractivity contribution in [2.24, 2.45) is 0 Å². The molecule has 0 saturated carbocycles. The Labute approximate surface area is 414 Å². The van der Waals surface area contributed by atoms with Crippen LogP contribution in [0.5, 0.6) is 0 Å².